The van der Waals surface area contributed by atoms with Crippen molar-refractivity contribution >= 4 is 40.3 Å². The van der Waals surface area contributed by atoms with E-state index in [2.05, 4.69) is 22.2 Å². The molecule has 0 saturated carbocycles. The summed E-state index contributed by atoms with van der Waals surface area (Å²) in [4.78, 5) is 34.7. The topological polar surface area (TPSA) is 96.8 Å². The van der Waals surface area contributed by atoms with Crippen molar-refractivity contribution in [3.63, 3.8) is 0 Å². The van der Waals surface area contributed by atoms with Gasteiger partial charge in [-0.1, -0.05) is 54.2 Å². The van der Waals surface area contributed by atoms with Gasteiger partial charge in [0.1, 0.15) is 5.82 Å². The highest BCUT2D eigenvalue weighted by atomic mass is 35.5. The summed E-state index contributed by atoms with van der Waals surface area (Å²) in [7, 11) is 0. The van der Waals surface area contributed by atoms with Gasteiger partial charge in [-0.05, 0) is 37.0 Å². The van der Waals surface area contributed by atoms with Crippen molar-refractivity contribution in [1.29, 1.82) is 0 Å². The lowest BCUT2D eigenvalue weighted by molar-refractivity contribution is -0.132. The highest BCUT2D eigenvalue weighted by Gasteiger charge is 2.27. The maximum absolute atomic E-state index is 12.7. The molecule has 1 atom stereocenters. The Morgan fingerprint density at radius 2 is 2.12 bits per heavy atom. The van der Waals surface area contributed by atoms with E-state index in [1.165, 1.54) is 0 Å². The molecule has 3 aromatic rings. The largest absolute Gasteiger partial charge is 0.342 e. The molecule has 1 aliphatic rings. The van der Waals surface area contributed by atoms with Gasteiger partial charge in [0.05, 0.1) is 6.54 Å². The third kappa shape index (κ3) is 4.96. The fourth-order valence-corrected chi connectivity index (χ4v) is 4.57. The molecule has 1 saturated heterocycles. The fraction of sp³-hybridized carbons (Fsp3) is 0.500. The number of hydrogen-bond donors (Lipinski definition) is 1. The highest BCUT2D eigenvalue weighted by Crippen LogP contribution is 2.26. The number of rotatable bonds is 7. The van der Waals surface area contributed by atoms with E-state index in [1.807, 2.05) is 11.0 Å². The lowest BCUT2D eigenvalue weighted by atomic mass is 9.96. The average molecular weight is 477 g/mol. The quantitative estimate of drug-likeness (QED) is 0.516. The average Bonchev–Trinajstić information content (AvgIpc) is 3.19. The number of aromatic amines is 1. The van der Waals surface area contributed by atoms with Gasteiger partial charge in [0.2, 0.25) is 5.91 Å². The summed E-state index contributed by atoms with van der Waals surface area (Å²) in [6.45, 7) is 3.75. The molecule has 0 spiro atoms. The van der Waals surface area contributed by atoms with Crippen LogP contribution in [0.5, 0.6) is 0 Å². The number of fused-ring (bicyclic) bond motifs is 1. The number of aromatic nitrogens is 5. The van der Waals surface area contributed by atoms with Crippen molar-refractivity contribution in [2.75, 3.05) is 13.1 Å². The van der Waals surface area contributed by atoms with Gasteiger partial charge in [0.15, 0.2) is 11.2 Å². The van der Waals surface area contributed by atoms with Crippen LogP contribution >= 0.6 is 23.2 Å². The number of hydrogen-bond acceptors (Lipinski definition) is 5. The first-order valence-electron chi connectivity index (χ1n) is 11.0. The minimum atomic E-state index is -0.329. The number of unbranched alkanes of at least 4 members (excludes halogenated alkanes) is 2. The number of carbonyl (C=O) groups is 1. The van der Waals surface area contributed by atoms with Crippen LogP contribution < -0.4 is 5.56 Å². The van der Waals surface area contributed by atoms with E-state index >= 15 is 0 Å². The van der Waals surface area contributed by atoms with E-state index in [4.69, 9.17) is 28.2 Å². The molecule has 0 radical (unpaired) electrons. The summed E-state index contributed by atoms with van der Waals surface area (Å²) in [6.07, 6.45) is 5.37. The molecule has 2 aromatic heterocycles. The zero-order chi connectivity index (χ0) is 22.7. The van der Waals surface area contributed by atoms with Gasteiger partial charge in [-0.2, -0.15) is 0 Å². The zero-order valence-electron chi connectivity index (χ0n) is 18.0. The lowest BCUT2D eigenvalue weighted by Crippen LogP contribution is -2.39. The second-order valence-electron chi connectivity index (χ2n) is 8.24. The second kappa shape index (κ2) is 10.0. The van der Waals surface area contributed by atoms with Crippen molar-refractivity contribution < 1.29 is 4.79 Å². The molecule has 0 bridgehead atoms. The molecule has 1 aromatic carbocycles. The molecule has 8 nitrogen and oxygen atoms in total. The van der Waals surface area contributed by atoms with Crippen LogP contribution in [0.2, 0.25) is 10.0 Å². The molecule has 0 aliphatic carbocycles. The summed E-state index contributed by atoms with van der Waals surface area (Å²) in [6, 6.07) is 5.23. The molecule has 1 fully saturated rings. The Hall–Kier alpha value is -2.45. The zero-order valence-corrected chi connectivity index (χ0v) is 19.5. The summed E-state index contributed by atoms with van der Waals surface area (Å²) < 4.78 is 1.57. The number of H-pyrrole nitrogens is 1. The first-order valence-corrected chi connectivity index (χ1v) is 11.8. The molecule has 4 rings (SSSR count). The van der Waals surface area contributed by atoms with Crippen molar-refractivity contribution in [3.05, 3.63) is 50.0 Å². The van der Waals surface area contributed by atoms with Crippen molar-refractivity contribution in [1.82, 2.24) is 29.9 Å². The predicted molar refractivity (Wildman–Crippen MR) is 124 cm³/mol. The summed E-state index contributed by atoms with van der Waals surface area (Å²) in [5.74, 6) is 0.716. The number of benzene rings is 1. The van der Waals surface area contributed by atoms with Crippen LogP contribution in [0, 0.1) is 0 Å². The van der Waals surface area contributed by atoms with Gasteiger partial charge in [0.25, 0.3) is 5.56 Å². The van der Waals surface area contributed by atoms with Crippen LogP contribution in [0.4, 0.5) is 0 Å². The molecule has 1 aliphatic heterocycles. The van der Waals surface area contributed by atoms with Crippen LogP contribution in [0.1, 0.15) is 62.8 Å². The maximum Gasteiger partial charge on any atom is 0.281 e. The van der Waals surface area contributed by atoms with Crippen molar-refractivity contribution in [3.8, 4) is 0 Å². The molecule has 1 amide bonds. The molecular formula is C22H26Cl2N6O2. The van der Waals surface area contributed by atoms with E-state index < -0.39 is 0 Å². The van der Waals surface area contributed by atoms with Crippen LogP contribution in [0.15, 0.2) is 23.0 Å². The van der Waals surface area contributed by atoms with E-state index in [0.29, 0.717) is 41.0 Å². The molecule has 10 heteroatoms. The number of piperidine rings is 1. The predicted octanol–water partition coefficient (Wildman–Crippen LogP) is 4.16. The lowest BCUT2D eigenvalue weighted by Gasteiger charge is -2.32. The fourth-order valence-electron chi connectivity index (χ4n) is 4.11. The number of amides is 1. The van der Waals surface area contributed by atoms with E-state index in [9.17, 15) is 9.59 Å². The molecule has 32 heavy (non-hydrogen) atoms. The maximum atomic E-state index is 12.7. The van der Waals surface area contributed by atoms with Crippen LogP contribution in [0.3, 0.4) is 0 Å². The van der Waals surface area contributed by atoms with Gasteiger partial charge in [-0.15, -0.1) is 5.10 Å². The number of nitrogens with zero attached hydrogens (tertiary/aromatic N) is 5. The van der Waals surface area contributed by atoms with E-state index in [0.717, 1.165) is 44.2 Å². The first kappa shape index (κ1) is 22.7. The Kier molecular flexibility index (Phi) is 7.10. The number of nitrogens with one attached hydrogen (secondary N) is 1. The number of likely N-dealkylation sites (tertiary alicyclic amines) is 1. The van der Waals surface area contributed by atoms with Crippen LogP contribution in [-0.2, 0) is 11.3 Å². The SMILES string of the molecule is CCCCCC(=O)N1CCCC(c2nc3c(nnn3Cc3ccc(Cl)cc3Cl)c(=O)[nH]2)C1. The second-order valence-corrected chi connectivity index (χ2v) is 9.09. The molecule has 1 unspecified atom stereocenters. The molecule has 3 heterocycles. The van der Waals surface area contributed by atoms with Crippen LogP contribution in [0.25, 0.3) is 11.2 Å². The summed E-state index contributed by atoms with van der Waals surface area (Å²) in [5, 5.41) is 9.18. The monoisotopic (exact) mass is 476 g/mol. The molecular weight excluding hydrogens is 451 g/mol. The Morgan fingerprint density at radius 1 is 1.28 bits per heavy atom. The minimum absolute atomic E-state index is 0.0292. The number of carbonyl (C=O) groups excluding carboxylic acids is 1. The normalized spacial score (nSPS) is 16.6. The van der Waals surface area contributed by atoms with Gasteiger partial charge in [-0.25, -0.2) is 9.67 Å². The molecule has 1 N–H and O–H groups in total. The third-order valence-corrected chi connectivity index (χ3v) is 6.47. The van der Waals surface area contributed by atoms with Gasteiger partial charge in [0, 0.05) is 35.5 Å². The summed E-state index contributed by atoms with van der Waals surface area (Å²) in [5.41, 5.74) is 1.06. The van der Waals surface area contributed by atoms with Crippen molar-refractivity contribution in [2.45, 2.75) is 57.9 Å². The Bertz CT molecular complexity index is 1170. The van der Waals surface area contributed by atoms with E-state index in [-0.39, 0.29) is 22.9 Å². The first-order chi connectivity index (χ1) is 15.5. The highest BCUT2D eigenvalue weighted by molar-refractivity contribution is 6.35. The van der Waals surface area contributed by atoms with E-state index in [1.54, 1.807) is 16.8 Å². The van der Waals surface area contributed by atoms with Gasteiger partial charge >= 0.3 is 0 Å². The Morgan fingerprint density at radius 3 is 2.91 bits per heavy atom. The number of halogens is 2. The van der Waals surface area contributed by atoms with Crippen LogP contribution in [-0.4, -0.2) is 48.9 Å². The standard InChI is InChI=1S/C22H26Cl2N6O2/c1-2-3-4-7-18(31)29-10-5-6-15(12-29)20-25-21-19(22(32)26-20)27-28-30(21)13-14-8-9-16(23)11-17(14)24/h8-9,11,15H,2-7,10,12-13H2,1H3,(H,25,26,32). The Balaban J connectivity index is 1.57. The minimum Gasteiger partial charge on any atom is -0.342 e. The van der Waals surface area contributed by atoms with Crippen molar-refractivity contribution in [2.24, 2.45) is 0 Å². The van der Waals surface area contributed by atoms with Gasteiger partial charge in [-0.3, -0.25) is 9.59 Å². The smallest absolute Gasteiger partial charge is 0.281 e. The third-order valence-electron chi connectivity index (χ3n) is 5.88. The van der Waals surface area contributed by atoms with Gasteiger partial charge < -0.3 is 9.88 Å². The summed E-state index contributed by atoms with van der Waals surface area (Å²) >= 11 is 12.3. The molecule has 170 valence electrons. The Labute approximate surface area is 195 Å².